The van der Waals surface area contributed by atoms with Crippen LogP contribution in [0.5, 0.6) is 0 Å². The second-order valence-corrected chi connectivity index (χ2v) is 5.73. The molecule has 0 atom stereocenters. The molecule has 0 aromatic carbocycles. The molecule has 1 aliphatic rings. The molecule has 0 aromatic rings. The highest BCUT2D eigenvalue weighted by atomic mass is 35.5. The number of halogens is 2. The number of likely N-dealkylation sites (N-methyl/N-ethyl adjacent to an activating group) is 1. The standard InChI is InChI=1S/C14H29N3O.2ClH/c1-12(2)16(4)11-14(18)17-9-6-13(7-10-17)5-8-15-3;;/h12-13,15H,5-11H2,1-4H3;2*1H. The third-order valence-corrected chi connectivity index (χ3v) is 4.04. The Balaban J connectivity index is 0. The van der Waals surface area contributed by atoms with Crippen molar-refractivity contribution in [3.63, 3.8) is 0 Å². The summed E-state index contributed by atoms with van der Waals surface area (Å²) in [6, 6.07) is 0.433. The number of likely N-dealkylation sites (tertiary alicyclic amines) is 1. The topological polar surface area (TPSA) is 35.6 Å². The van der Waals surface area contributed by atoms with Crippen molar-refractivity contribution in [3.8, 4) is 0 Å². The summed E-state index contributed by atoms with van der Waals surface area (Å²) in [5, 5.41) is 3.20. The maximum Gasteiger partial charge on any atom is 0.236 e. The lowest BCUT2D eigenvalue weighted by Crippen LogP contribution is -2.44. The minimum absolute atomic E-state index is 0. The molecule has 1 heterocycles. The number of hydrogen-bond acceptors (Lipinski definition) is 3. The summed E-state index contributed by atoms with van der Waals surface area (Å²) in [4.78, 5) is 16.2. The van der Waals surface area contributed by atoms with Gasteiger partial charge in [-0.05, 0) is 59.7 Å². The predicted octanol–water partition coefficient (Wildman–Crippen LogP) is 2.02. The number of amides is 1. The van der Waals surface area contributed by atoms with Gasteiger partial charge in [-0.1, -0.05) is 0 Å². The van der Waals surface area contributed by atoms with E-state index in [9.17, 15) is 4.79 Å². The minimum atomic E-state index is 0. The highest BCUT2D eigenvalue weighted by molar-refractivity contribution is 5.85. The third-order valence-electron chi connectivity index (χ3n) is 4.04. The Morgan fingerprint density at radius 1 is 1.30 bits per heavy atom. The molecule has 0 saturated carbocycles. The van der Waals surface area contributed by atoms with Gasteiger partial charge in [0.25, 0.3) is 0 Å². The van der Waals surface area contributed by atoms with Crippen molar-refractivity contribution in [1.82, 2.24) is 15.1 Å². The van der Waals surface area contributed by atoms with E-state index >= 15 is 0 Å². The van der Waals surface area contributed by atoms with Crippen molar-refractivity contribution in [2.45, 2.75) is 39.2 Å². The second-order valence-electron chi connectivity index (χ2n) is 5.73. The summed E-state index contributed by atoms with van der Waals surface area (Å²) in [5.41, 5.74) is 0. The van der Waals surface area contributed by atoms with E-state index in [2.05, 4.69) is 24.1 Å². The largest absolute Gasteiger partial charge is 0.342 e. The summed E-state index contributed by atoms with van der Waals surface area (Å²) in [5.74, 6) is 1.09. The van der Waals surface area contributed by atoms with Gasteiger partial charge in [0.2, 0.25) is 5.91 Å². The first-order valence-electron chi connectivity index (χ1n) is 7.17. The van der Waals surface area contributed by atoms with E-state index in [1.165, 1.54) is 19.3 Å². The Morgan fingerprint density at radius 3 is 2.30 bits per heavy atom. The molecule has 0 aliphatic carbocycles. The highest BCUT2D eigenvalue weighted by Crippen LogP contribution is 2.20. The van der Waals surface area contributed by atoms with E-state index < -0.39 is 0 Å². The summed E-state index contributed by atoms with van der Waals surface area (Å²) in [6.07, 6.45) is 3.57. The summed E-state index contributed by atoms with van der Waals surface area (Å²) < 4.78 is 0. The van der Waals surface area contributed by atoms with E-state index in [1.807, 2.05) is 19.0 Å². The number of nitrogens with one attached hydrogen (secondary N) is 1. The fourth-order valence-corrected chi connectivity index (χ4v) is 2.32. The first-order chi connectivity index (χ1) is 8.54. The molecule has 0 bridgehead atoms. The van der Waals surface area contributed by atoms with E-state index in [4.69, 9.17) is 0 Å². The van der Waals surface area contributed by atoms with Crippen molar-refractivity contribution in [3.05, 3.63) is 0 Å². The zero-order valence-corrected chi connectivity index (χ0v) is 14.9. The first-order valence-corrected chi connectivity index (χ1v) is 7.17. The molecule has 0 spiro atoms. The van der Waals surface area contributed by atoms with E-state index in [0.29, 0.717) is 18.5 Å². The average Bonchev–Trinajstić information content (AvgIpc) is 2.36. The molecular weight excluding hydrogens is 297 g/mol. The van der Waals surface area contributed by atoms with Crippen molar-refractivity contribution < 1.29 is 4.79 Å². The summed E-state index contributed by atoms with van der Waals surface area (Å²) in [7, 11) is 4.02. The van der Waals surface area contributed by atoms with Crippen molar-refractivity contribution in [1.29, 1.82) is 0 Å². The summed E-state index contributed by atoms with van der Waals surface area (Å²) in [6.45, 7) is 7.78. The molecule has 1 aliphatic heterocycles. The molecule has 6 heteroatoms. The molecule has 1 saturated heterocycles. The fourth-order valence-electron chi connectivity index (χ4n) is 2.32. The number of nitrogens with zero attached hydrogens (tertiary/aromatic N) is 2. The van der Waals surface area contributed by atoms with Gasteiger partial charge in [-0.25, -0.2) is 0 Å². The van der Waals surface area contributed by atoms with Gasteiger partial charge >= 0.3 is 0 Å². The maximum absolute atomic E-state index is 12.1. The van der Waals surface area contributed by atoms with Crippen LogP contribution in [-0.2, 0) is 4.79 Å². The van der Waals surface area contributed by atoms with Crippen LogP contribution in [0.2, 0.25) is 0 Å². The van der Waals surface area contributed by atoms with Gasteiger partial charge in [-0.3, -0.25) is 9.69 Å². The molecule has 1 N–H and O–H groups in total. The lowest BCUT2D eigenvalue weighted by atomic mass is 9.93. The SMILES string of the molecule is CNCCC1CCN(C(=O)CN(C)C(C)C)CC1.Cl.Cl. The Morgan fingerprint density at radius 2 is 1.85 bits per heavy atom. The van der Waals surface area contributed by atoms with E-state index in [1.54, 1.807) is 0 Å². The number of carbonyl (C=O) groups is 1. The maximum atomic E-state index is 12.1. The number of carbonyl (C=O) groups excluding carboxylic acids is 1. The van der Waals surface area contributed by atoms with Crippen molar-refractivity contribution >= 4 is 30.7 Å². The lowest BCUT2D eigenvalue weighted by molar-refractivity contribution is -0.133. The highest BCUT2D eigenvalue weighted by Gasteiger charge is 2.23. The van der Waals surface area contributed by atoms with Crippen LogP contribution >= 0.6 is 24.8 Å². The van der Waals surface area contributed by atoms with Crippen molar-refractivity contribution in [2.24, 2.45) is 5.92 Å². The smallest absolute Gasteiger partial charge is 0.236 e. The molecule has 0 aromatic heterocycles. The predicted molar refractivity (Wildman–Crippen MR) is 90.1 cm³/mol. The number of piperidine rings is 1. The van der Waals surface area contributed by atoms with Crippen LogP contribution in [0.1, 0.15) is 33.1 Å². The zero-order chi connectivity index (χ0) is 13.5. The van der Waals surface area contributed by atoms with Gasteiger partial charge in [0.15, 0.2) is 0 Å². The molecule has 0 radical (unpaired) electrons. The van der Waals surface area contributed by atoms with Gasteiger partial charge in [-0.15, -0.1) is 24.8 Å². The molecule has 1 rings (SSSR count). The fraction of sp³-hybridized carbons (Fsp3) is 0.929. The molecule has 0 unspecified atom stereocenters. The average molecular weight is 328 g/mol. The van der Waals surface area contributed by atoms with Crippen LogP contribution in [0, 0.1) is 5.92 Å². The second kappa shape index (κ2) is 11.6. The Bertz CT molecular complexity index is 257. The molecule has 4 nitrogen and oxygen atoms in total. The first kappa shape index (κ1) is 22.3. The molecular formula is C14H31Cl2N3O. The van der Waals surface area contributed by atoms with Gasteiger partial charge in [0.1, 0.15) is 0 Å². The Kier molecular flexibility index (Phi) is 12.9. The van der Waals surface area contributed by atoms with Gasteiger partial charge in [0, 0.05) is 19.1 Å². The van der Waals surface area contributed by atoms with Crippen molar-refractivity contribution in [2.75, 3.05) is 40.3 Å². The number of rotatable bonds is 6. The third kappa shape index (κ3) is 7.67. The Labute approximate surface area is 136 Å². The summed E-state index contributed by atoms with van der Waals surface area (Å²) >= 11 is 0. The van der Waals surface area contributed by atoms with Crippen LogP contribution < -0.4 is 5.32 Å². The van der Waals surface area contributed by atoms with Crippen LogP contribution in [0.15, 0.2) is 0 Å². The lowest BCUT2D eigenvalue weighted by Gasteiger charge is -2.33. The van der Waals surface area contributed by atoms with Gasteiger partial charge < -0.3 is 10.2 Å². The molecule has 1 fully saturated rings. The molecule has 1 amide bonds. The zero-order valence-electron chi connectivity index (χ0n) is 13.2. The van der Waals surface area contributed by atoms with Crippen LogP contribution in [0.25, 0.3) is 0 Å². The molecule has 20 heavy (non-hydrogen) atoms. The monoisotopic (exact) mass is 327 g/mol. The normalized spacial score (nSPS) is 16.0. The Hall–Kier alpha value is -0.0300. The minimum Gasteiger partial charge on any atom is -0.342 e. The van der Waals surface area contributed by atoms with Crippen LogP contribution in [-0.4, -0.2) is 62.0 Å². The number of hydrogen-bond donors (Lipinski definition) is 1. The van der Waals surface area contributed by atoms with Gasteiger partial charge in [-0.2, -0.15) is 0 Å². The van der Waals surface area contributed by atoms with E-state index in [-0.39, 0.29) is 24.8 Å². The van der Waals surface area contributed by atoms with Gasteiger partial charge in [0.05, 0.1) is 6.54 Å². The van der Waals surface area contributed by atoms with Crippen LogP contribution in [0.4, 0.5) is 0 Å². The molecule has 122 valence electrons. The van der Waals surface area contributed by atoms with E-state index in [0.717, 1.165) is 25.6 Å². The quantitative estimate of drug-likeness (QED) is 0.810. The van der Waals surface area contributed by atoms with Crippen LogP contribution in [0.3, 0.4) is 0 Å².